The lowest BCUT2D eigenvalue weighted by atomic mass is 9.89. The molecule has 5 aromatic rings. The summed E-state index contributed by atoms with van der Waals surface area (Å²) in [6.45, 7) is 1.58. The zero-order chi connectivity index (χ0) is 24.6. The molecule has 0 N–H and O–H groups in total. The first-order valence-corrected chi connectivity index (χ1v) is 12.5. The number of hydrogen-bond donors (Lipinski definition) is 0. The molecule has 1 atom stereocenters. The quantitative estimate of drug-likeness (QED) is 0.249. The fraction of sp³-hybridized carbons (Fsp3) is 0.161. The second-order valence-corrected chi connectivity index (χ2v) is 9.63. The smallest absolute Gasteiger partial charge is 0.123 e. The summed E-state index contributed by atoms with van der Waals surface area (Å²) in [4.78, 5) is 2.40. The van der Waals surface area contributed by atoms with Gasteiger partial charge in [0.1, 0.15) is 11.6 Å². The van der Waals surface area contributed by atoms with Gasteiger partial charge < -0.3 is 14.2 Å². The SMILES string of the molecule is COc1ccc(N2CCc3c(c4cc(F)ccc4n3Cc3ccccc3)C2c2ccc(Cl)cc2)cc1. The van der Waals surface area contributed by atoms with E-state index in [1.165, 1.54) is 11.3 Å². The van der Waals surface area contributed by atoms with Gasteiger partial charge in [0.2, 0.25) is 0 Å². The minimum absolute atomic E-state index is 0.0827. The van der Waals surface area contributed by atoms with Crippen LogP contribution >= 0.6 is 11.6 Å². The first-order valence-electron chi connectivity index (χ1n) is 12.1. The van der Waals surface area contributed by atoms with E-state index in [-0.39, 0.29) is 11.9 Å². The van der Waals surface area contributed by atoms with E-state index in [1.54, 1.807) is 19.2 Å². The highest BCUT2D eigenvalue weighted by molar-refractivity contribution is 6.30. The van der Waals surface area contributed by atoms with Crippen LogP contribution in [0.3, 0.4) is 0 Å². The number of halogens is 2. The maximum Gasteiger partial charge on any atom is 0.123 e. The molecule has 0 fully saturated rings. The van der Waals surface area contributed by atoms with Gasteiger partial charge in [-0.3, -0.25) is 0 Å². The van der Waals surface area contributed by atoms with Gasteiger partial charge in [0.05, 0.1) is 13.2 Å². The van der Waals surface area contributed by atoms with Crippen LogP contribution in [0.1, 0.15) is 28.4 Å². The third-order valence-electron chi connectivity index (χ3n) is 7.12. The van der Waals surface area contributed by atoms with Crippen molar-refractivity contribution in [1.82, 2.24) is 4.57 Å². The maximum atomic E-state index is 14.7. The van der Waals surface area contributed by atoms with Crippen LogP contribution in [0.2, 0.25) is 5.02 Å². The van der Waals surface area contributed by atoms with Crippen LogP contribution in [0.4, 0.5) is 10.1 Å². The number of nitrogens with zero attached hydrogens (tertiary/aromatic N) is 2. The van der Waals surface area contributed by atoms with Gasteiger partial charge in [-0.1, -0.05) is 54.1 Å². The summed E-state index contributed by atoms with van der Waals surface area (Å²) in [7, 11) is 1.68. The number of fused-ring (bicyclic) bond motifs is 3. The number of hydrogen-bond acceptors (Lipinski definition) is 2. The molecule has 0 bridgehead atoms. The molecule has 0 radical (unpaired) electrons. The number of aromatic nitrogens is 1. The number of methoxy groups -OCH3 is 1. The lowest BCUT2D eigenvalue weighted by Crippen LogP contribution is -2.36. The summed E-state index contributed by atoms with van der Waals surface area (Å²) in [5.41, 5.74) is 6.91. The van der Waals surface area contributed by atoms with E-state index < -0.39 is 0 Å². The number of anilines is 1. The molecule has 180 valence electrons. The van der Waals surface area contributed by atoms with Gasteiger partial charge in [0.15, 0.2) is 0 Å². The molecule has 0 saturated carbocycles. The topological polar surface area (TPSA) is 17.4 Å². The van der Waals surface area contributed by atoms with Crippen LogP contribution in [-0.4, -0.2) is 18.2 Å². The molecule has 0 spiro atoms. The van der Waals surface area contributed by atoms with Gasteiger partial charge in [0.25, 0.3) is 0 Å². The van der Waals surface area contributed by atoms with E-state index in [9.17, 15) is 4.39 Å². The summed E-state index contributed by atoms with van der Waals surface area (Å²) < 4.78 is 22.4. The van der Waals surface area contributed by atoms with Crippen molar-refractivity contribution in [2.75, 3.05) is 18.6 Å². The predicted octanol–water partition coefficient (Wildman–Crippen LogP) is 7.64. The average molecular weight is 497 g/mol. The molecular weight excluding hydrogens is 471 g/mol. The highest BCUT2D eigenvalue weighted by Gasteiger charge is 2.34. The second kappa shape index (κ2) is 9.36. The molecule has 0 saturated heterocycles. The molecule has 1 unspecified atom stereocenters. The first kappa shape index (κ1) is 22.7. The minimum atomic E-state index is -0.224. The molecule has 4 aromatic carbocycles. The van der Waals surface area contributed by atoms with Crippen molar-refractivity contribution in [2.45, 2.75) is 19.0 Å². The Morgan fingerprint density at radius 2 is 1.67 bits per heavy atom. The molecule has 1 aromatic heterocycles. The van der Waals surface area contributed by atoms with E-state index in [2.05, 4.69) is 58.0 Å². The summed E-state index contributed by atoms with van der Waals surface area (Å²) >= 11 is 6.27. The van der Waals surface area contributed by atoms with Crippen LogP contribution < -0.4 is 9.64 Å². The van der Waals surface area contributed by atoms with Crippen LogP contribution in [0, 0.1) is 5.82 Å². The lowest BCUT2D eigenvalue weighted by molar-refractivity contribution is 0.414. The van der Waals surface area contributed by atoms with Gasteiger partial charge >= 0.3 is 0 Å². The molecule has 2 heterocycles. The standard InChI is InChI=1S/C31H26ClFN2O/c1-36-26-14-12-25(13-15-26)34-18-17-29-30(31(34)22-7-9-23(32)10-8-22)27-19-24(33)11-16-28(27)35(29)20-21-5-3-2-4-6-21/h2-16,19,31H,17-18,20H2,1H3. The minimum Gasteiger partial charge on any atom is -0.497 e. The zero-order valence-electron chi connectivity index (χ0n) is 20.0. The van der Waals surface area contributed by atoms with Crippen molar-refractivity contribution in [3.8, 4) is 5.75 Å². The summed E-state index contributed by atoms with van der Waals surface area (Å²) in [5, 5.41) is 1.66. The van der Waals surface area contributed by atoms with Gasteiger partial charge in [-0.05, 0) is 65.7 Å². The fourth-order valence-electron chi connectivity index (χ4n) is 5.48. The molecule has 5 heteroatoms. The Kier molecular flexibility index (Phi) is 5.90. The highest BCUT2D eigenvalue weighted by Crippen LogP contribution is 2.44. The molecule has 1 aliphatic heterocycles. The van der Waals surface area contributed by atoms with Crippen molar-refractivity contribution < 1.29 is 9.13 Å². The largest absolute Gasteiger partial charge is 0.497 e. The van der Waals surface area contributed by atoms with Gasteiger partial charge in [-0.15, -0.1) is 0 Å². The Balaban J connectivity index is 1.57. The summed E-state index contributed by atoms with van der Waals surface area (Å²) in [6, 6.07) is 31.7. The Morgan fingerprint density at radius 3 is 2.39 bits per heavy atom. The van der Waals surface area contributed by atoms with Crippen molar-refractivity contribution in [3.63, 3.8) is 0 Å². The molecular formula is C31H26ClFN2O. The van der Waals surface area contributed by atoms with Crippen molar-refractivity contribution in [3.05, 3.63) is 130 Å². The van der Waals surface area contributed by atoms with Crippen LogP contribution in [0.15, 0.2) is 97.1 Å². The molecule has 6 rings (SSSR count). The van der Waals surface area contributed by atoms with Crippen molar-refractivity contribution in [1.29, 1.82) is 0 Å². The zero-order valence-corrected chi connectivity index (χ0v) is 20.8. The lowest BCUT2D eigenvalue weighted by Gasteiger charge is -2.39. The average Bonchev–Trinajstić information content (AvgIpc) is 3.22. The molecule has 1 aliphatic rings. The number of rotatable bonds is 5. The Morgan fingerprint density at radius 1 is 0.917 bits per heavy atom. The maximum absolute atomic E-state index is 14.7. The summed E-state index contributed by atoms with van der Waals surface area (Å²) in [6.07, 6.45) is 0.856. The molecule has 3 nitrogen and oxygen atoms in total. The molecule has 36 heavy (non-hydrogen) atoms. The van der Waals surface area contributed by atoms with E-state index in [1.807, 2.05) is 36.4 Å². The third kappa shape index (κ3) is 4.02. The van der Waals surface area contributed by atoms with Gasteiger partial charge in [0, 0.05) is 52.4 Å². The molecule has 0 amide bonds. The monoisotopic (exact) mass is 496 g/mol. The highest BCUT2D eigenvalue weighted by atomic mass is 35.5. The number of benzene rings is 4. The normalized spacial score (nSPS) is 15.2. The fourth-order valence-corrected chi connectivity index (χ4v) is 5.61. The van der Waals surface area contributed by atoms with Crippen molar-refractivity contribution in [2.24, 2.45) is 0 Å². The Hall–Kier alpha value is -3.76. The van der Waals surface area contributed by atoms with Crippen LogP contribution in [-0.2, 0) is 13.0 Å². The Bertz CT molecular complexity index is 1510. The summed E-state index contributed by atoms with van der Waals surface area (Å²) in [5.74, 6) is 0.597. The predicted molar refractivity (Wildman–Crippen MR) is 145 cm³/mol. The van der Waals surface area contributed by atoms with Crippen LogP contribution in [0.5, 0.6) is 5.75 Å². The Labute approximate surface area is 215 Å². The van der Waals surface area contributed by atoms with Gasteiger partial charge in [-0.25, -0.2) is 4.39 Å². The van der Waals surface area contributed by atoms with Crippen molar-refractivity contribution >= 4 is 28.2 Å². The molecule has 0 aliphatic carbocycles. The second-order valence-electron chi connectivity index (χ2n) is 9.19. The first-order chi connectivity index (χ1) is 17.6. The van der Waals surface area contributed by atoms with Crippen LogP contribution in [0.25, 0.3) is 10.9 Å². The van der Waals surface area contributed by atoms with E-state index >= 15 is 0 Å². The number of ether oxygens (including phenoxy) is 1. The third-order valence-corrected chi connectivity index (χ3v) is 7.38. The van der Waals surface area contributed by atoms with E-state index in [0.29, 0.717) is 5.02 Å². The van der Waals surface area contributed by atoms with E-state index in [4.69, 9.17) is 16.3 Å². The van der Waals surface area contributed by atoms with Gasteiger partial charge in [-0.2, -0.15) is 0 Å². The van der Waals surface area contributed by atoms with E-state index in [0.717, 1.165) is 53.0 Å².